The zero-order chi connectivity index (χ0) is 20.3. The van der Waals surface area contributed by atoms with Gasteiger partial charge >= 0.3 is 11.6 Å². The average molecular weight is 385 g/mol. The predicted octanol–water partition coefficient (Wildman–Crippen LogP) is 3.19. The first-order valence-corrected chi connectivity index (χ1v) is 8.71. The Hall–Kier alpha value is -3.55. The summed E-state index contributed by atoms with van der Waals surface area (Å²) in [7, 11) is 0. The summed E-state index contributed by atoms with van der Waals surface area (Å²) in [5, 5.41) is 12.2. The summed E-state index contributed by atoms with van der Waals surface area (Å²) < 4.78 is 15.9. The quantitative estimate of drug-likeness (QED) is 0.599. The van der Waals surface area contributed by atoms with Crippen LogP contribution in [0.3, 0.4) is 0 Å². The molecule has 146 valence electrons. The summed E-state index contributed by atoms with van der Waals surface area (Å²) in [5.74, 6) is -1.06. The van der Waals surface area contributed by atoms with Crippen LogP contribution < -0.4 is 15.7 Å². The fourth-order valence-corrected chi connectivity index (χ4v) is 2.47. The number of amides is 1. The van der Waals surface area contributed by atoms with Crippen LogP contribution in [0.15, 0.2) is 50.0 Å². The summed E-state index contributed by atoms with van der Waals surface area (Å²) in [5.41, 5.74) is -0.519. The number of hydrogen-bond donors (Lipinski definition) is 2. The maximum absolute atomic E-state index is 12.2. The highest BCUT2D eigenvalue weighted by Crippen LogP contribution is 2.22. The van der Waals surface area contributed by atoms with Gasteiger partial charge in [0.15, 0.2) is 0 Å². The minimum absolute atomic E-state index is 0.0123. The highest BCUT2D eigenvalue weighted by Gasteiger charge is 2.16. The summed E-state index contributed by atoms with van der Waals surface area (Å²) in [6.45, 7) is 3.79. The first-order valence-electron chi connectivity index (χ1n) is 8.71. The van der Waals surface area contributed by atoms with Crippen molar-refractivity contribution in [3.8, 4) is 5.75 Å². The van der Waals surface area contributed by atoms with Crippen LogP contribution in [0.1, 0.15) is 46.9 Å². The Balaban J connectivity index is 1.78. The minimum Gasteiger partial charge on any atom is -0.486 e. The molecule has 1 amide bonds. The van der Waals surface area contributed by atoms with Crippen molar-refractivity contribution in [1.82, 2.24) is 5.32 Å². The second-order valence-electron chi connectivity index (χ2n) is 6.29. The monoisotopic (exact) mass is 385 g/mol. The largest absolute Gasteiger partial charge is 0.486 e. The third kappa shape index (κ3) is 4.22. The minimum atomic E-state index is -1.16. The summed E-state index contributed by atoms with van der Waals surface area (Å²) in [6.07, 6.45) is 0.745. The Morgan fingerprint density at radius 1 is 1.18 bits per heavy atom. The van der Waals surface area contributed by atoms with Crippen LogP contribution in [0.5, 0.6) is 5.75 Å². The lowest BCUT2D eigenvalue weighted by molar-refractivity contribution is 0.0658. The van der Waals surface area contributed by atoms with Gasteiger partial charge in [-0.1, -0.05) is 6.92 Å². The summed E-state index contributed by atoms with van der Waals surface area (Å²) >= 11 is 0. The molecular weight excluding hydrogens is 366 g/mol. The van der Waals surface area contributed by atoms with Gasteiger partial charge in [0.25, 0.3) is 5.91 Å². The number of ether oxygens (including phenoxy) is 1. The van der Waals surface area contributed by atoms with Gasteiger partial charge in [-0.2, -0.15) is 0 Å². The number of carboxylic acids is 1. The summed E-state index contributed by atoms with van der Waals surface area (Å²) in [6, 6.07) is 9.11. The third-order valence-corrected chi connectivity index (χ3v) is 4.20. The molecule has 1 aromatic carbocycles. The van der Waals surface area contributed by atoms with Crippen molar-refractivity contribution in [3.05, 3.63) is 63.9 Å². The smallest absolute Gasteiger partial charge is 0.371 e. The molecule has 0 aliphatic heterocycles. The molecule has 0 saturated carbocycles. The summed E-state index contributed by atoms with van der Waals surface area (Å²) in [4.78, 5) is 35.2. The number of benzene rings is 1. The molecule has 0 aliphatic carbocycles. The van der Waals surface area contributed by atoms with Gasteiger partial charge in [0.05, 0.1) is 0 Å². The highest BCUT2D eigenvalue weighted by atomic mass is 16.5. The van der Waals surface area contributed by atoms with E-state index in [9.17, 15) is 14.4 Å². The van der Waals surface area contributed by atoms with Crippen LogP contribution in [0, 0.1) is 0 Å². The number of nitrogens with one attached hydrogen (secondary N) is 1. The fraction of sp³-hybridized carbons (Fsp3) is 0.250. The zero-order valence-corrected chi connectivity index (χ0v) is 15.4. The molecular formula is C20H19NO7. The molecule has 0 aliphatic rings. The Kier molecular flexibility index (Phi) is 5.49. The van der Waals surface area contributed by atoms with Gasteiger partial charge in [-0.25, -0.2) is 9.59 Å². The molecule has 28 heavy (non-hydrogen) atoms. The maximum Gasteiger partial charge on any atom is 0.371 e. The van der Waals surface area contributed by atoms with Gasteiger partial charge in [-0.15, -0.1) is 0 Å². The molecule has 0 spiro atoms. The van der Waals surface area contributed by atoms with E-state index in [1.54, 1.807) is 12.1 Å². The zero-order valence-electron chi connectivity index (χ0n) is 15.4. The van der Waals surface area contributed by atoms with E-state index in [-0.39, 0.29) is 29.6 Å². The number of carbonyl (C=O) groups is 2. The number of aromatic carboxylic acids is 1. The number of fused-ring (bicyclic) bond motifs is 1. The first-order chi connectivity index (χ1) is 13.4. The molecule has 1 unspecified atom stereocenters. The standard InChI is InChI=1S/C20H19NO7/c1-3-11(2)21-18(22)15-8-12-4-5-13(9-17(12)28-20(15)25)26-10-14-6-7-16(27-14)19(23)24/h4-9,11H,3,10H2,1-2H3,(H,21,22)(H,23,24). The van der Waals surface area contributed by atoms with E-state index < -0.39 is 17.5 Å². The second kappa shape index (κ2) is 7.99. The Morgan fingerprint density at radius 3 is 2.64 bits per heavy atom. The van der Waals surface area contributed by atoms with Crippen LogP contribution in [-0.4, -0.2) is 23.0 Å². The van der Waals surface area contributed by atoms with Crippen molar-refractivity contribution in [2.24, 2.45) is 0 Å². The van der Waals surface area contributed by atoms with Crippen molar-refractivity contribution < 1.29 is 28.3 Å². The molecule has 8 heteroatoms. The number of carbonyl (C=O) groups excluding carboxylic acids is 1. The van der Waals surface area contributed by atoms with Gasteiger partial charge in [-0.05, 0) is 43.7 Å². The van der Waals surface area contributed by atoms with Crippen LogP contribution in [0.4, 0.5) is 0 Å². The van der Waals surface area contributed by atoms with Crippen molar-refractivity contribution in [2.45, 2.75) is 32.9 Å². The molecule has 8 nitrogen and oxygen atoms in total. The van der Waals surface area contributed by atoms with Crippen molar-refractivity contribution in [2.75, 3.05) is 0 Å². The van der Waals surface area contributed by atoms with E-state index >= 15 is 0 Å². The van der Waals surface area contributed by atoms with Crippen LogP contribution >= 0.6 is 0 Å². The molecule has 0 saturated heterocycles. The molecule has 2 heterocycles. The maximum atomic E-state index is 12.2. The number of carboxylic acid groups (broad SMARTS) is 1. The molecule has 0 bridgehead atoms. The number of furan rings is 1. The molecule has 3 aromatic rings. The number of rotatable bonds is 7. The Morgan fingerprint density at radius 2 is 1.96 bits per heavy atom. The van der Waals surface area contributed by atoms with Crippen LogP contribution in [0.25, 0.3) is 11.0 Å². The van der Waals surface area contributed by atoms with Crippen molar-refractivity contribution in [3.63, 3.8) is 0 Å². The van der Waals surface area contributed by atoms with Crippen molar-refractivity contribution >= 4 is 22.8 Å². The lowest BCUT2D eigenvalue weighted by atomic mass is 10.1. The first kappa shape index (κ1) is 19.2. The molecule has 0 radical (unpaired) electrons. The van der Waals surface area contributed by atoms with Gasteiger partial charge in [0.1, 0.15) is 29.3 Å². The van der Waals surface area contributed by atoms with Gasteiger partial charge in [0.2, 0.25) is 5.76 Å². The van der Waals surface area contributed by atoms with E-state index in [4.69, 9.17) is 18.7 Å². The predicted molar refractivity (Wildman–Crippen MR) is 99.7 cm³/mol. The normalized spacial score (nSPS) is 11.9. The third-order valence-electron chi connectivity index (χ3n) is 4.20. The van der Waals surface area contributed by atoms with Crippen LogP contribution in [-0.2, 0) is 6.61 Å². The average Bonchev–Trinajstić information content (AvgIpc) is 3.14. The van der Waals surface area contributed by atoms with E-state index in [2.05, 4.69) is 5.32 Å². The van der Waals surface area contributed by atoms with E-state index in [0.717, 1.165) is 6.42 Å². The second-order valence-corrected chi connectivity index (χ2v) is 6.29. The molecule has 1 atom stereocenters. The Bertz CT molecular complexity index is 1080. The molecule has 2 aromatic heterocycles. The molecule has 2 N–H and O–H groups in total. The Labute approximate surface area is 159 Å². The fourth-order valence-electron chi connectivity index (χ4n) is 2.47. The number of hydrogen-bond acceptors (Lipinski definition) is 6. The van der Waals surface area contributed by atoms with Gasteiger partial charge in [0, 0.05) is 17.5 Å². The lowest BCUT2D eigenvalue weighted by Gasteiger charge is -2.11. The van der Waals surface area contributed by atoms with Crippen molar-refractivity contribution in [1.29, 1.82) is 0 Å². The van der Waals surface area contributed by atoms with Crippen LogP contribution in [0.2, 0.25) is 0 Å². The SMILES string of the molecule is CCC(C)NC(=O)c1cc2ccc(OCc3ccc(C(=O)O)o3)cc2oc1=O. The lowest BCUT2D eigenvalue weighted by Crippen LogP contribution is -2.34. The molecule has 0 fully saturated rings. The highest BCUT2D eigenvalue weighted by molar-refractivity contribution is 5.96. The molecule has 3 rings (SSSR count). The van der Waals surface area contributed by atoms with Gasteiger partial charge < -0.3 is 24.0 Å². The van der Waals surface area contributed by atoms with E-state index in [0.29, 0.717) is 16.9 Å². The van der Waals surface area contributed by atoms with E-state index in [1.165, 1.54) is 24.3 Å². The van der Waals surface area contributed by atoms with Gasteiger partial charge in [-0.3, -0.25) is 4.79 Å². The van der Waals surface area contributed by atoms with E-state index in [1.807, 2.05) is 13.8 Å². The topological polar surface area (TPSA) is 119 Å².